The molecular weight excluding hydrogens is 220 g/mol. The summed E-state index contributed by atoms with van der Waals surface area (Å²) < 4.78 is 1.93. The van der Waals surface area contributed by atoms with Gasteiger partial charge in [0.1, 0.15) is 0 Å². The third-order valence-corrected chi connectivity index (χ3v) is 4.06. The Hall–Kier alpha value is -1.42. The molecule has 2 aromatic rings. The van der Waals surface area contributed by atoms with E-state index in [0.29, 0.717) is 0 Å². The quantitative estimate of drug-likeness (QED) is 0.708. The molecule has 0 radical (unpaired) electrons. The molecule has 82 valence electrons. The molecule has 0 aliphatic heterocycles. The van der Waals surface area contributed by atoms with Crippen molar-refractivity contribution in [1.82, 2.24) is 9.55 Å². The van der Waals surface area contributed by atoms with Crippen LogP contribution in [0.5, 0.6) is 0 Å². The number of Topliss-reactive ketones (excluding diaryl/α,β-unsaturated/α-hetero) is 1. The van der Waals surface area contributed by atoms with Gasteiger partial charge in [0.2, 0.25) is 0 Å². The molecule has 4 heteroatoms. The Morgan fingerprint density at radius 3 is 3.25 bits per heavy atom. The lowest BCUT2D eigenvalue weighted by Crippen LogP contribution is -2.17. The molecule has 0 aromatic carbocycles. The number of carbonyl (C=O) groups excluding carboxylic acids is 1. The molecule has 16 heavy (non-hydrogen) atoms. The molecule has 1 unspecified atom stereocenters. The number of hydrogen-bond acceptors (Lipinski definition) is 3. The summed E-state index contributed by atoms with van der Waals surface area (Å²) in [6.07, 6.45) is 8.36. The average Bonchev–Trinajstić information content (AvgIpc) is 2.93. The van der Waals surface area contributed by atoms with Crippen molar-refractivity contribution >= 4 is 17.1 Å². The SMILES string of the molecule is O=C1c2ccsc2CCCC1n1ccnc1. The van der Waals surface area contributed by atoms with E-state index in [1.165, 1.54) is 4.88 Å². The Labute approximate surface area is 97.7 Å². The highest BCUT2D eigenvalue weighted by Crippen LogP contribution is 2.30. The lowest BCUT2D eigenvalue weighted by molar-refractivity contribution is 0.0922. The Bertz CT molecular complexity index is 501. The highest BCUT2D eigenvalue weighted by Gasteiger charge is 2.26. The molecule has 1 aliphatic rings. The zero-order valence-electron chi connectivity index (χ0n) is 8.80. The number of hydrogen-bond donors (Lipinski definition) is 0. The van der Waals surface area contributed by atoms with Crippen molar-refractivity contribution in [2.45, 2.75) is 25.3 Å². The summed E-state index contributed by atoms with van der Waals surface area (Å²) in [7, 11) is 0. The number of fused-ring (bicyclic) bond motifs is 1. The van der Waals surface area contributed by atoms with Gasteiger partial charge in [0.25, 0.3) is 0 Å². The van der Waals surface area contributed by atoms with Gasteiger partial charge in [-0.05, 0) is 30.7 Å². The van der Waals surface area contributed by atoms with Crippen LogP contribution in [-0.2, 0) is 6.42 Å². The molecule has 1 aliphatic carbocycles. The molecule has 0 saturated heterocycles. The van der Waals surface area contributed by atoms with E-state index < -0.39 is 0 Å². The van der Waals surface area contributed by atoms with Crippen molar-refractivity contribution in [3.05, 3.63) is 40.6 Å². The Morgan fingerprint density at radius 2 is 2.44 bits per heavy atom. The third-order valence-electron chi connectivity index (χ3n) is 3.08. The first kappa shape index (κ1) is 9.78. The molecule has 2 aromatic heterocycles. The van der Waals surface area contributed by atoms with E-state index in [1.807, 2.05) is 22.2 Å². The second-order valence-electron chi connectivity index (χ2n) is 4.04. The van der Waals surface area contributed by atoms with Crippen LogP contribution in [0.2, 0.25) is 0 Å². The summed E-state index contributed by atoms with van der Waals surface area (Å²) >= 11 is 1.70. The van der Waals surface area contributed by atoms with Crippen LogP contribution in [0, 0.1) is 0 Å². The maximum atomic E-state index is 12.4. The van der Waals surface area contributed by atoms with Crippen LogP contribution >= 0.6 is 11.3 Å². The van der Waals surface area contributed by atoms with E-state index >= 15 is 0 Å². The summed E-state index contributed by atoms with van der Waals surface area (Å²) in [6, 6.07) is 1.90. The van der Waals surface area contributed by atoms with Crippen LogP contribution in [0.25, 0.3) is 0 Å². The topological polar surface area (TPSA) is 34.9 Å². The minimum atomic E-state index is -0.0571. The Balaban J connectivity index is 2.01. The number of imidazole rings is 1. The van der Waals surface area contributed by atoms with Crippen molar-refractivity contribution in [3.63, 3.8) is 0 Å². The number of rotatable bonds is 1. The monoisotopic (exact) mass is 232 g/mol. The van der Waals surface area contributed by atoms with E-state index in [9.17, 15) is 4.79 Å². The zero-order chi connectivity index (χ0) is 11.0. The summed E-state index contributed by atoms with van der Waals surface area (Å²) in [6.45, 7) is 0. The zero-order valence-corrected chi connectivity index (χ0v) is 9.61. The van der Waals surface area contributed by atoms with Crippen LogP contribution in [0.4, 0.5) is 0 Å². The molecule has 2 heterocycles. The van der Waals surface area contributed by atoms with E-state index in [-0.39, 0.29) is 11.8 Å². The molecule has 0 amide bonds. The van der Waals surface area contributed by atoms with Gasteiger partial charge in [0.15, 0.2) is 5.78 Å². The first-order chi connectivity index (χ1) is 7.86. The first-order valence-corrected chi connectivity index (χ1v) is 6.32. The van der Waals surface area contributed by atoms with Crippen molar-refractivity contribution in [1.29, 1.82) is 0 Å². The Morgan fingerprint density at radius 1 is 1.50 bits per heavy atom. The van der Waals surface area contributed by atoms with Gasteiger partial charge in [-0.3, -0.25) is 4.79 Å². The highest BCUT2D eigenvalue weighted by molar-refractivity contribution is 7.10. The Kier molecular flexibility index (Phi) is 2.36. The second kappa shape index (κ2) is 3.87. The van der Waals surface area contributed by atoms with E-state index in [0.717, 1.165) is 24.8 Å². The first-order valence-electron chi connectivity index (χ1n) is 5.44. The maximum absolute atomic E-state index is 12.4. The number of ketones is 1. The van der Waals surface area contributed by atoms with Gasteiger partial charge in [0.05, 0.1) is 12.4 Å². The lowest BCUT2D eigenvalue weighted by Gasteiger charge is -2.14. The fraction of sp³-hybridized carbons (Fsp3) is 0.333. The van der Waals surface area contributed by atoms with Gasteiger partial charge in [-0.15, -0.1) is 11.3 Å². The van der Waals surface area contributed by atoms with Crippen molar-refractivity contribution in [3.8, 4) is 0 Å². The second-order valence-corrected chi connectivity index (χ2v) is 5.04. The number of carbonyl (C=O) groups is 1. The molecule has 0 bridgehead atoms. The molecule has 0 fully saturated rings. The van der Waals surface area contributed by atoms with Crippen LogP contribution in [0.1, 0.15) is 34.1 Å². The number of aromatic nitrogens is 2. The molecular formula is C12H12N2OS. The largest absolute Gasteiger partial charge is 0.327 e. The predicted octanol–water partition coefficient (Wildman–Crippen LogP) is 2.70. The predicted molar refractivity (Wildman–Crippen MR) is 62.9 cm³/mol. The van der Waals surface area contributed by atoms with Crippen molar-refractivity contribution < 1.29 is 4.79 Å². The highest BCUT2D eigenvalue weighted by atomic mass is 32.1. The fourth-order valence-electron chi connectivity index (χ4n) is 2.26. The molecule has 0 saturated carbocycles. The fourth-order valence-corrected chi connectivity index (χ4v) is 3.18. The van der Waals surface area contributed by atoms with E-state index in [4.69, 9.17) is 0 Å². The van der Waals surface area contributed by atoms with Gasteiger partial charge >= 0.3 is 0 Å². The standard InChI is InChI=1S/C12H12N2OS/c15-12-9-4-7-16-11(9)3-1-2-10(12)14-6-5-13-8-14/h4-8,10H,1-3H2. The molecule has 1 atom stereocenters. The number of aryl methyl sites for hydroxylation is 1. The minimum absolute atomic E-state index is 0.0571. The van der Waals surface area contributed by atoms with Crippen molar-refractivity contribution in [2.75, 3.05) is 0 Å². The average molecular weight is 232 g/mol. The van der Waals surface area contributed by atoms with Crippen LogP contribution in [0.15, 0.2) is 30.2 Å². The number of nitrogens with zero attached hydrogens (tertiary/aromatic N) is 2. The maximum Gasteiger partial charge on any atom is 0.186 e. The summed E-state index contributed by atoms with van der Waals surface area (Å²) in [4.78, 5) is 17.6. The molecule has 0 N–H and O–H groups in total. The third kappa shape index (κ3) is 1.50. The lowest BCUT2D eigenvalue weighted by atomic mass is 10.1. The number of thiophene rings is 1. The van der Waals surface area contributed by atoms with Crippen LogP contribution < -0.4 is 0 Å². The van der Waals surface area contributed by atoms with E-state index in [1.54, 1.807) is 23.9 Å². The summed E-state index contributed by atoms with van der Waals surface area (Å²) in [5.74, 6) is 0.242. The normalized spacial score (nSPS) is 20.5. The van der Waals surface area contributed by atoms with Crippen LogP contribution in [-0.4, -0.2) is 15.3 Å². The van der Waals surface area contributed by atoms with Gasteiger partial charge in [-0.25, -0.2) is 4.98 Å². The van der Waals surface area contributed by atoms with Gasteiger partial charge in [-0.1, -0.05) is 0 Å². The smallest absolute Gasteiger partial charge is 0.186 e. The summed E-state index contributed by atoms with van der Waals surface area (Å²) in [5.41, 5.74) is 0.918. The van der Waals surface area contributed by atoms with Gasteiger partial charge in [-0.2, -0.15) is 0 Å². The van der Waals surface area contributed by atoms with Gasteiger partial charge < -0.3 is 4.57 Å². The van der Waals surface area contributed by atoms with Gasteiger partial charge in [0, 0.05) is 22.8 Å². The summed E-state index contributed by atoms with van der Waals surface area (Å²) in [5, 5.41) is 2.01. The molecule has 3 nitrogen and oxygen atoms in total. The minimum Gasteiger partial charge on any atom is -0.327 e. The van der Waals surface area contributed by atoms with Crippen LogP contribution in [0.3, 0.4) is 0 Å². The van der Waals surface area contributed by atoms with Crippen molar-refractivity contribution in [2.24, 2.45) is 0 Å². The van der Waals surface area contributed by atoms with E-state index in [2.05, 4.69) is 4.98 Å². The molecule has 0 spiro atoms. The molecule has 3 rings (SSSR count).